The number of thioether (sulfide) groups is 1. The van der Waals surface area contributed by atoms with Gasteiger partial charge in [0.15, 0.2) is 5.16 Å². The third kappa shape index (κ3) is 2.09. The first kappa shape index (κ1) is 9.79. The number of hydrogen-bond acceptors (Lipinski definition) is 5. The summed E-state index contributed by atoms with van der Waals surface area (Å²) in [4.78, 5) is 8.02. The lowest BCUT2D eigenvalue weighted by molar-refractivity contribution is 0.391. The van der Waals surface area contributed by atoms with Crippen LogP contribution < -0.4 is 10.5 Å². The van der Waals surface area contributed by atoms with Crippen LogP contribution in [0, 0.1) is 5.41 Å². The van der Waals surface area contributed by atoms with E-state index in [1.54, 1.807) is 0 Å². The van der Waals surface area contributed by atoms with Crippen molar-refractivity contribution in [2.45, 2.75) is 5.16 Å². The summed E-state index contributed by atoms with van der Waals surface area (Å²) in [6.45, 7) is 0. The average molecular weight is 198 g/mol. The summed E-state index contributed by atoms with van der Waals surface area (Å²) >= 11 is 1.41. The lowest BCUT2D eigenvalue weighted by Gasteiger charge is -2.05. The quantitative estimate of drug-likeness (QED) is 0.319. The van der Waals surface area contributed by atoms with Crippen molar-refractivity contribution in [1.29, 1.82) is 5.41 Å². The number of ether oxygens (including phenoxy) is 1. The van der Waals surface area contributed by atoms with E-state index in [0.29, 0.717) is 16.6 Å². The smallest absolute Gasteiger partial charge is 0.228 e. The van der Waals surface area contributed by atoms with Gasteiger partial charge in [0, 0.05) is 6.20 Å². The molecule has 0 aliphatic heterocycles. The van der Waals surface area contributed by atoms with Crippen LogP contribution >= 0.6 is 11.8 Å². The minimum atomic E-state index is -0.0931. The Morgan fingerprint density at radius 3 is 2.85 bits per heavy atom. The second-order valence-electron chi connectivity index (χ2n) is 2.19. The molecular weight excluding hydrogens is 188 g/mol. The highest BCUT2D eigenvalue weighted by Gasteiger charge is 2.08. The van der Waals surface area contributed by atoms with E-state index >= 15 is 0 Å². The number of amidine groups is 1. The molecule has 1 aromatic heterocycles. The van der Waals surface area contributed by atoms with Gasteiger partial charge in [0.2, 0.25) is 5.88 Å². The molecule has 0 saturated carbocycles. The standard InChI is InChI=1S/C7H10N4OS/c1-12-6-4(5(8)9)3-10-7(11-6)13-2/h3H,1-2H3,(H3,8,9). The topological polar surface area (TPSA) is 84.9 Å². The van der Waals surface area contributed by atoms with Crippen molar-refractivity contribution >= 4 is 17.6 Å². The van der Waals surface area contributed by atoms with Gasteiger partial charge in [-0.2, -0.15) is 4.98 Å². The number of rotatable bonds is 3. The number of aromatic nitrogens is 2. The molecule has 0 radical (unpaired) electrons. The van der Waals surface area contributed by atoms with E-state index in [4.69, 9.17) is 15.9 Å². The predicted octanol–water partition coefficient (Wildman–Crippen LogP) is 0.491. The van der Waals surface area contributed by atoms with Gasteiger partial charge in [-0.05, 0) is 6.26 Å². The summed E-state index contributed by atoms with van der Waals surface area (Å²) in [6.07, 6.45) is 3.35. The molecule has 1 heterocycles. The van der Waals surface area contributed by atoms with Crippen molar-refractivity contribution in [2.75, 3.05) is 13.4 Å². The Morgan fingerprint density at radius 2 is 2.38 bits per heavy atom. The zero-order valence-electron chi connectivity index (χ0n) is 7.37. The number of nitrogens with zero attached hydrogens (tertiary/aromatic N) is 2. The number of nitrogens with two attached hydrogens (primary N) is 1. The van der Waals surface area contributed by atoms with Crippen molar-refractivity contribution in [2.24, 2.45) is 5.73 Å². The second-order valence-corrected chi connectivity index (χ2v) is 2.97. The molecule has 0 spiro atoms. The first-order chi connectivity index (χ1) is 6.19. The van der Waals surface area contributed by atoms with E-state index < -0.39 is 0 Å². The van der Waals surface area contributed by atoms with E-state index in [2.05, 4.69) is 9.97 Å². The first-order valence-corrected chi connectivity index (χ1v) is 4.71. The van der Waals surface area contributed by atoms with Crippen LogP contribution in [-0.2, 0) is 0 Å². The van der Waals surface area contributed by atoms with Crippen LogP contribution in [-0.4, -0.2) is 29.2 Å². The molecule has 0 fully saturated rings. The number of nitrogens with one attached hydrogen (secondary N) is 1. The fourth-order valence-electron chi connectivity index (χ4n) is 0.790. The molecule has 13 heavy (non-hydrogen) atoms. The molecule has 1 aromatic rings. The molecule has 0 bridgehead atoms. The molecule has 0 amide bonds. The SMILES string of the molecule is COc1nc(SC)ncc1C(=N)N. The summed E-state index contributed by atoms with van der Waals surface area (Å²) < 4.78 is 4.96. The number of nitrogen functional groups attached to an aromatic ring is 1. The normalized spacial score (nSPS) is 9.69. The minimum absolute atomic E-state index is 0.0931. The van der Waals surface area contributed by atoms with Gasteiger partial charge >= 0.3 is 0 Å². The van der Waals surface area contributed by atoms with Crippen LogP contribution in [0.25, 0.3) is 0 Å². The predicted molar refractivity (Wildman–Crippen MR) is 51.4 cm³/mol. The molecule has 3 N–H and O–H groups in total. The maximum Gasteiger partial charge on any atom is 0.228 e. The van der Waals surface area contributed by atoms with Gasteiger partial charge in [-0.25, -0.2) is 4.98 Å². The van der Waals surface area contributed by atoms with Crippen LogP contribution in [0.2, 0.25) is 0 Å². The molecule has 0 saturated heterocycles. The Labute approximate surface area is 80.2 Å². The third-order valence-corrected chi connectivity index (χ3v) is 1.96. The first-order valence-electron chi connectivity index (χ1n) is 3.48. The van der Waals surface area contributed by atoms with Gasteiger partial charge < -0.3 is 10.5 Å². The van der Waals surface area contributed by atoms with E-state index in [0.717, 1.165) is 0 Å². The van der Waals surface area contributed by atoms with Gasteiger partial charge in [0.05, 0.1) is 12.7 Å². The van der Waals surface area contributed by atoms with Crippen LogP contribution in [0.4, 0.5) is 0 Å². The molecule has 0 atom stereocenters. The largest absolute Gasteiger partial charge is 0.480 e. The molecule has 0 aromatic carbocycles. The maximum absolute atomic E-state index is 7.22. The summed E-state index contributed by atoms with van der Waals surface area (Å²) in [5.41, 5.74) is 5.72. The molecule has 70 valence electrons. The highest BCUT2D eigenvalue weighted by molar-refractivity contribution is 7.98. The number of hydrogen-bond donors (Lipinski definition) is 2. The van der Waals surface area contributed by atoms with Crippen molar-refractivity contribution in [3.05, 3.63) is 11.8 Å². The third-order valence-electron chi connectivity index (χ3n) is 1.40. The Balaban J connectivity index is 3.15. The van der Waals surface area contributed by atoms with E-state index in [-0.39, 0.29) is 5.84 Å². The maximum atomic E-state index is 7.22. The van der Waals surface area contributed by atoms with Crippen LogP contribution in [0.1, 0.15) is 5.56 Å². The minimum Gasteiger partial charge on any atom is -0.480 e. The Kier molecular flexibility index (Phi) is 3.07. The highest BCUT2D eigenvalue weighted by Crippen LogP contribution is 2.17. The molecule has 0 aliphatic rings. The van der Waals surface area contributed by atoms with E-state index in [1.807, 2.05) is 6.26 Å². The average Bonchev–Trinajstić information content (AvgIpc) is 2.16. The summed E-state index contributed by atoms with van der Waals surface area (Å²) in [7, 11) is 1.48. The van der Waals surface area contributed by atoms with Gasteiger partial charge in [-0.15, -0.1) is 0 Å². The summed E-state index contributed by atoms with van der Waals surface area (Å²) in [5, 5.41) is 7.82. The zero-order chi connectivity index (χ0) is 9.84. The van der Waals surface area contributed by atoms with Crippen molar-refractivity contribution in [3.63, 3.8) is 0 Å². The summed E-state index contributed by atoms with van der Waals surface area (Å²) in [5.74, 6) is 0.247. The fraction of sp³-hybridized carbons (Fsp3) is 0.286. The van der Waals surface area contributed by atoms with E-state index in [9.17, 15) is 0 Å². The lowest BCUT2D eigenvalue weighted by atomic mass is 10.3. The van der Waals surface area contributed by atoms with Crippen LogP contribution in [0.5, 0.6) is 5.88 Å². The van der Waals surface area contributed by atoms with Gasteiger partial charge in [0.1, 0.15) is 5.84 Å². The van der Waals surface area contributed by atoms with Gasteiger partial charge in [-0.1, -0.05) is 11.8 Å². The van der Waals surface area contributed by atoms with Crippen molar-refractivity contribution in [3.8, 4) is 5.88 Å². The Hall–Kier alpha value is -1.30. The summed E-state index contributed by atoms with van der Waals surface area (Å²) in [6, 6.07) is 0. The fourth-order valence-corrected chi connectivity index (χ4v) is 1.12. The molecule has 1 rings (SSSR count). The molecular formula is C7H10N4OS. The van der Waals surface area contributed by atoms with Crippen LogP contribution in [0.3, 0.4) is 0 Å². The van der Waals surface area contributed by atoms with Gasteiger partial charge in [-0.3, -0.25) is 5.41 Å². The van der Waals surface area contributed by atoms with Crippen molar-refractivity contribution in [1.82, 2.24) is 9.97 Å². The number of methoxy groups -OCH3 is 1. The van der Waals surface area contributed by atoms with Crippen LogP contribution in [0.15, 0.2) is 11.4 Å². The Bertz CT molecular complexity index is 328. The van der Waals surface area contributed by atoms with E-state index in [1.165, 1.54) is 25.1 Å². The molecule has 5 nitrogen and oxygen atoms in total. The highest BCUT2D eigenvalue weighted by atomic mass is 32.2. The monoisotopic (exact) mass is 198 g/mol. The van der Waals surface area contributed by atoms with Crippen molar-refractivity contribution < 1.29 is 4.74 Å². The molecule has 6 heteroatoms. The molecule has 0 aliphatic carbocycles. The molecule has 0 unspecified atom stereocenters. The lowest BCUT2D eigenvalue weighted by Crippen LogP contribution is -2.14. The zero-order valence-corrected chi connectivity index (χ0v) is 8.18. The van der Waals surface area contributed by atoms with Gasteiger partial charge in [0.25, 0.3) is 0 Å². The second kappa shape index (κ2) is 4.08. The Morgan fingerprint density at radius 1 is 1.69 bits per heavy atom.